The number of rotatable bonds is 6. The van der Waals surface area contributed by atoms with E-state index in [1.807, 2.05) is 7.05 Å². The average molecular weight is 436 g/mol. The molecule has 0 bridgehead atoms. The fraction of sp³-hybridized carbons (Fsp3) is 0.667. The van der Waals surface area contributed by atoms with Crippen LogP contribution < -0.4 is 15.5 Å². The Morgan fingerprint density at radius 2 is 1.89 bits per heavy atom. The summed E-state index contributed by atoms with van der Waals surface area (Å²) in [6.07, 6.45) is 4.90. The summed E-state index contributed by atoms with van der Waals surface area (Å²) in [6, 6.07) is 9.19. The van der Waals surface area contributed by atoms with Crippen LogP contribution in [-0.2, 0) is 0 Å². The molecule has 2 N–H and O–H groups in total. The van der Waals surface area contributed by atoms with E-state index in [-0.39, 0.29) is 0 Å². The van der Waals surface area contributed by atoms with Gasteiger partial charge in [0.25, 0.3) is 0 Å². The number of likely N-dealkylation sites (tertiary alicyclic amines) is 1. The van der Waals surface area contributed by atoms with Crippen LogP contribution in [0.3, 0.4) is 0 Å². The molecule has 1 aromatic rings. The van der Waals surface area contributed by atoms with E-state index < -0.39 is 0 Å². The summed E-state index contributed by atoms with van der Waals surface area (Å²) in [5, 5.41) is 7.20. The van der Waals surface area contributed by atoms with Crippen LogP contribution in [0.2, 0.25) is 0 Å². The van der Waals surface area contributed by atoms with E-state index in [4.69, 9.17) is 0 Å². The van der Waals surface area contributed by atoms with Gasteiger partial charge in [0, 0.05) is 56.0 Å². The second-order valence-electron chi connectivity index (χ2n) is 7.79. The smallest absolute Gasteiger partial charge is 0.191 e. The van der Waals surface area contributed by atoms with Crippen molar-refractivity contribution in [3.05, 3.63) is 28.7 Å². The first-order valence-electron chi connectivity index (χ1n) is 10.4. The number of nitrogens with zero attached hydrogens (tertiary/aromatic N) is 3. The molecule has 1 unspecified atom stereocenters. The van der Waals surface area contributed by atoms with Gasteiger partial charge in [-0.1, -0.05) is 22.9 Å². The Morgan fingerprint density at radius 3 is 2.56 bits per heavy atom. The van der Waals surface area contributed by atoms with E-state index in [0.29, 0.717) is 12.0 Å². The normalized spacial score (nSPS) is 22.3. The van der Waals surface area contributed by atoms with Crippen LogP contribution in [0.4, 0.5) is 5.69 Å². The van der Waals surface area contributed by atoms with Gasteiger partial charge < -0.3 is 20.4 Å². The topological polar surface area (TPSA) is 42.9 Å². The van der Waals surface area contributed by atoms with Gasteiger partial charge in [-0.05, 0) is 62.4 Å². The molecule has 0 aliphatic carbocycles. The van der Waals surface area contributed by atoms with E-state index >= 15 is 0 Å². The van der Waals surface area contributed by atoms with Crippen molar-refractivity contribution < 1.29 is 0 Å². The van der Waals surface area contributed by atoms with Gasteiger partial charge in [0.2, 0.25) is 0 Å². The number of hydrogen-bond acceptors (Lipinski definition) is 3. The van der Waals surface area contributed by atoms with E-state index in [0.717, 1.165) is 30.1 Å². The molecule has 1 aromatic carbocycles. The monoisotopic (exact) mass is 435 g/mol. The zero-order valence-corrected chi connectivity index (χ0v) is 18.3. The lowest BCUT2D eigenvalue weighted by Crippen LogP contribution is -2.49. The Balaban J connectivity index is 1.39. The molecule has 0 saturated carbocycles. The number of guanidine groups is 1. The first-order chi connectivity index (χ1) is 13.2. The molecule has 0 amide bonds. The van der Waals surface area contributed by atoms with Crippen molar-refractivity contribution in [1.82, 2.24) is 15.5 Å². The number of hydrogen-bond donors (Lipinski definition) is 2. The fourth-order valence-electron chi connectivity index (χ4n) is 4.13. The first kappa shape index (κ1) is 20.5. The first-order valence-corrected chi connectivity index (χ1v) is 11.2. The summed E-state index contributed by atoms with van der Waals surface area (Å²) in [5.74, 6) is 1.63. The fourth-order valence-corrected chi connectivity index (χ4v) is 4.40. The van der Waals surface area contributed by atoms with Crippen molar-refractivity contribution in [3.63, 3.8) is 0 Å². The number of anilines is 1. The third kappa shape index (κ3) is 6.11. The highest BCUT2D eigenvalue weighted by molar-refractivity contribution is 9.10. The van der Waals surface area contributed by atoms with Gasteiger partial charge >= 0.3 is 0 Å². The zero-order chi connectivity index (χ0) is 19.1. The number of piperidine rings is 1. The van der Waals surface area contributed by atoms with Crippen LogP contribution in [-0.4, -0.2) is 63.2 Å². The molecule has 0 radical (unpaired) electrons. The van der Waals surface area contributed by atoms with Crippen molar-refractivity contribution in [2.24, 2.45) is 10.9 Å². The van der Waals surface area contributed by atoms with Crippen molar-refractivity contribution in [2.45, 2.75) is 38.6 Å². The molecule has 3 rings (SSSR count). The van der Waals surface area contributed by atoms with Gasteiger partial charge in [-0.3, -0.25) is 4.99 Å². The predicted octanol–water partition coefficient (Wildman–Crippen LogP) is 3.31. The van der Waals surface area contributed by atoms with Gasteiger partial charge in [0.15, 0.2) is 5.96 Å². The maximum Gasteiger partial charge on any atom is 0.191 e. The number of benzene rings is 1. The summed E-state index contributed by atoms with van der Waals surface area (Å²) in [4.78, 5) is 9.50. The van der Waals surface area contributed by atoms with Crippen molar-refractivity contribution in [1.29, 1.82) is 0 Å². The maximum absolute atomic E-state index is 4.45. The lowest BCUT2D eigenvalue weighted by Gasteiger charge is -2.33. The molecule has 2 aliphatic heterocycles. The number of halogens is 1. The Labute approximate surface area is 172 Å². The predicted molar refractivity (Wildman–Crippen MR) is 119 cm³/mol. The molecule has 2 fully saturated rings. The minimum atomic E-state index is 0.548. The largest absolute Gasteiger partial charge is 0.371 e. The molecular formula is C21H34BrN5. The van der Waals surface area contributed by atoms with Crippen LogP contribution in [0.5, 0.6) is 0 Å². The molecule has 6 heteroatoms. The summed E-state index contributed by atoms with van der Waals surface area (Å²) < 4.78 is 1.14. The maximum atomic E-state index is 4.45. The van der Waals surface area contributed by atoms with E-state index in [1.165, 1.54) is 51.0 Å². The highest BCUT2D eigenvalue weighted by Gasteiger charge is 2.24. The van der Waals surface area contributed by atoms with Crippen LogP contribution in [0.1, 0.15) is 32.6 Å². The molecule has 1 atom stereocenters. The summed E-state index contributed by atoms with van der Waals surface area (Å²) in [6.45, 7) is 9.13. The van der Waals surface area contributed by atoms with Crippen LogP contribution in [0, 0.1) is 5.92 Å². The van der Waals surface area contributed by atoms with Gasteiger partial charge in [0.1, 0.15) is 0 Å². The molecule has 2 saturated heterocycles. The van der Waals surface area contributed by atoms with Gasteiger partial charge in [-0.15, -0.1) is 0 Å². The Morgan fingerprint density at radius 1 is 1.15 bits per heavy atom. The molecular weight excluding hydrogens is 402 g/mol. The lowest BCUT2D eigenvalue weighted by atomic mass is 10.1. The summed E-state index contributed by atoms with van der Waals surface area (Å²) in [7, 11) is 1.88. The summed E-state index contributed by atoms with van der Waals surface area (Å²) >= 11 is 3.51. The zero-order valence-electron chi connectivity index (χ0n) is 16.8. The third-order valence-corrected chi connectivity index (χ3v) is 6.26. The minimum absolute atomic E-state index is 0.548. The molecule has 2 aliphatic rings. The number of nitrogens with one attached hydrogen (secondary N) is 2. The van der Waals surface area contributed by atoms with Gasteiger partial charge in [-0.2, -0.15) is 0 Å². The molecule has 150 valence electrons. The molecule has 27 heavy (non-hydrogen) atoms. The quantitative estimate of drug-likeness (QED) is 0.531. The minimum Gasteiger partial charge on any atom is -0.371 e. The SMILES string of the molecule is CCCN1CCC(NC(=NC)NCC2CCN(c3ccc(Br)cc3)C2)CC1. The van der Waals surface area contributed by atoms with E-state index in [2.05, 4.69) is 72.5 Å². The van der Waals surface area contributed by atoms with Crippen LogP contribution in [0.15, 0.2) is 33.7 Å². The molecule has 0 spiro atoms. The van der Waals surface area contributed by atoms with Gasteiger partial charge in [0.05, 0.1) is 0 Å². The average Bonchev–Trinajstić information content (AvgIpc) is 3.16. The second-order valence-corrected chi connectivity index (χ2v) is 8.71. The van der Waals surface area contributed by atoms with Gasteiger partial charge in [-0.25, -0.2) is 0 Å². The highest BCUT2D eigenvalue weighted by Crippen LogP contribution is 2.25. The third-order valence-electron chi connectivity index (χ3n) is 5.73. The standard InChI is InChI=1S/C21H34BrN5/c1-3-11-26-12-9-19(10-13-26)25-21(23-2)24-15-17-8-14-27(16-17)20-6-4-18(22)5-7-20/h4-7,17,19H,3,8-16H2,1-2H3,(H2,23,24,25). The van der Waals surface area contributed by atoms with Crippen molar-refractivity contribution in [3.8, 4) is 0 Å². The van der Waals surface area contributed by atoms with Crippen LogP contribution in [0.25, 0.3) is 0 Å². The molecule has 5 nitrogen and oxygen atoms in total. The summed E-state index contributed by atoms with van der Waals surface area (Å²) in [5.41, 5.74) is 1.32. The Hall–Kier alpha value is -1.27. The van der Waals surface area contributed by atoms with Crippen molar-refractivity contribution >= 4 is 27.6 Å². The van der Waals surface area contributed by atoms with Crippen molar-refractivity contribution in [2.75, 3.05) is 51.2 Å². The Kier molecular flexibility index (Phi) is 7.82. The Bertz CT molecular complexity index is 595. The lowest BCUT2D eigenvalue weighted by molar-refractivity contribution is 0.206. The second kappa shape index (κ2) is 10.3. The number of aliphatic imine (C=N–C) groups is 1. The highest BCUT2D eigenvalue weighted by atomic mass is 79.9. The van der Waals surface area contributed by atoms with Crippen LogP contribution >= 0.6 is 15.9 Å². The van der Waals surface area contributed by atoms with E-state index in [9.17, 15) is 0 Å². The van der Waals surface area contributed by atoms with E-state index in [1.54, 1.807) is 0 Å². The molecule has 2 heterocycles. The molecule has 0 aromatic heterocycles.